The summed E-state index contributed by atoms with van der Waals surface area (Å²) in [6, 6.07) is 17.4. The number of carbonyl (C=O) groups excluding carboxylic acids is 4. The molecule has 2 aliphatic heterocycles. The van der Waals surface area contributed by atoms with Crippen molar-refractivity contribution in [3.05, 3.63) is 105 Å². The number of amides is 3. The van der Waals surface area contributed by atoms with E-state index in [1.165, 1.54) is 12.2 Å². The van der Waals surface area contributed by atoms with Crippen molar-refractivity contribution in [3.63, 3.8) is 0 Å². The van der Waals surface area contributed by atoms with Crippen molar-refractivity contribution in [3.8, 4) is 23.6 Å². The Morgan fingerprint density at radius 3 is 2.27 bits per heavy atom. The first-order chi connectivity index (χ1) is 28.2. The maximum Gasteiger partial charge on any atom is 0.266 e. The summed E-state index contributed by atoms with van der Waals surface area (Å²) in [5.41, 5.74) is 0.806. The summed E-state index contributed by atoms with van der Waals surface area (Å²) in [7, 11) is 0. The number of nitriles is 2. The Morgan fingerprint density at radius 2 is 1.61 bits per heavy atom. The minimum atomic E-state index is -0.576. The molecular formula is C45H46ClN7O6. The van der Waals surface area contributed by atoms with Gasteiger partial charge >= 0.3 is 0 Å². The summed E-state index contributed by atoms with van der Waals surface area (Å²) < 4.78 is 12.3. The number of hydrogen-bond acceptors (Lipinski definition) is 11. The maximum atomic E-state index is 13.4. The smallest absolute Gasteiger partial charge is 0.266 e. The Morgan fingerprint density at radius 1 is 0.881 bits per heavy atom. The Kier molecular flexibility index (Phi) is 11.6. The molecule has 7 rings (SSSR count). The number of nitrogens with zero attached hydrogens (tertiary/aromatic N) is 6. The van der Waals surface area contributed by atoms with Gasteiger partial charge in [-0.2, -0.15) is 10.5 Å². The normalized spacial score (nSPS) is 20.8. The van der Waals surface area contributed by atoms with Crippen molar-refractivity contribution in [2.45, 2.75) is 65.5 Å². The van der Waals surface area contributed by atoms with E-state index in [4.69, 9.17) is 26.3 Å². The molecule has 2 aliphatic carbocycles. The van der Waals surface area contributed by atoms with Gasteiger partial charge in [-0.25, -0.2) is 9.88 Å². The molecule has 1 N–H and O–H groups in total. The molecule has 3 amide bonds. The molecule has 2 aromatic carbocycles. The van der Waals surface area contributed by atoms with E-state index in [-0.39, 0.29) is 57.7 Å². The molecule has 0 atom stereocenters. The number of piperazine rings is 1. The second-order valence-electron chi connectivity index (χ2n) is 16.6. The number of benzene rings is 2. The molecule has 0 unspecified atom stereocenters. The number of hydrogen-bond donors (Lipinski definition) is 1. The van der Waals surface area contributed by atoms with Crippen LogP contribution < -0.4 is 19.7 Å². The van der Waals surface area contributed by atoms with Crippen LogP contribution in [0.1, 0.15) is 90.0 Å². The molecule has 2 fully saturated rings. The van der Waals surface area contributed by atoms with Crippen LogP contribution in [0.15, 0.2) is 78.1 Å². The lowest BCUT2D eigenvalue weighted by atomic mass is 9.49. The molecule has 4 aliphatic rings. The first-order valence-electron chi connectivity index (χ1n) is 19.8. The predicted molar refractivity (Wildman–Crippen MR) is 220 cm³/mol. The summed E-state index contributed by atoms with van der Waals surface area (Å²) in [4.78, 5) is 62.3. The SMILES string of the molecule is CC1(C)C(NC(=O)c2ccc(N3CCN(CCCCCOc4ccc5c(c4)C(=O)N(C4=CC=C(C#N)CC4=O)C5=O)CC3)nc2)C(C)(C)C1Oc1ccc(C#N)c(Cl)c1. The van der Waals surface area contributed by atoms with Crippen LogP contribution in [0.2, 0.25) is 5.02 Å². The van der Waals surface area contributed by atoms with Crippen LogP contribution in [0.3, 0.4) is 0 Å². The van der Waals surface area contributed by atoms with Gasteiger partial charge in [-0.3, -0.25) is 24.1 Å². The van der Waals surface area contributed by atoms with Crippen molar-refractivity contribution >= 4 is 40.9 Å². The Bertz CT molecular complexity index is 2320. The first kappa shape index (κ1) is 41.2. The van der Waals surface area contributed by atoms with Crippen molar-refractivity contribution < 1.29 is 28.7 Å². The van der Waals surface area contributed by atoms with Crippen LogP contribution >= 0.6 is 11.6 Å². The number of pyridine rings is 1. The van der Waals surface area contributed by atoms with E-state index in [1.807, 2.05) is 18.2 Å². The lowest BCUT2D eigenvalue weighted by molar-refractivity contribution is -0.164. The molecule has 1 saturated heterocycles. The summed E-state index contributed by atoms with van der Waals surface area (Å²) in [6.45, 7) is 13.2. The van der Waals surface area contributed by atoms with Gasteiger partial charge in [-0.1, -0.05) is 39.3 Å². The zero-order valence-corrected chi connectivity index (χ0v) is 34.3. The standard InChI is InChI=1S/C45H46ClN7O6/c1-44(2)42(45(3,4)43(44)59-32-11-9-29(26-48)35(46)24-32)50-39(55)30-10-15-38(49-27-30)52-19-17-51(18-20-52)16-6-5-7-21-58-31-12-13-33-34(23-31)41(57)53(40(33)56)36-14-8-28(25-47)22-37(36)54/h8-15,23-24,27,42-43H,5-7,16-22H2,1-4H3,(H,50,55). The van der Waals surface area contributed by atoms with Crippen molar-refractivity contribution in [2.75, 3.05) is 44.2 Å². The van der Waals surface area contributed by atoms with Crippen LogP contribution in [0.4, 0.5) is 5.82 Å². The molecule has 13 nitrogen and oxygen atoms in total. The van der Waals surface area contributed by atoms with Crippen molar-refractivity contribution in [1.29, 1.82) is 10.5 Å². The zero-order chi connectivity index (χ0) is 42.1. The van der Waals surface area contributed by atoms with Crippen LogP contribution in [-0.2, 0) is 4.79 Å². The Balaban J connectivity index is 0.812. The number of Topliss-reactive ketones (excluding diaryl/α,β-unsaturated/α-hetero) is 1. The highest BCUT2D eigenvalue weighted by Gasteiger charge is 2.64. The second-order valence-corrected chi connectivity index (χ2v) is 17.0. The molecular weight excluding hydrogens is 770 g/mol. The van der Waals surface area contributed by atoms with E-state index in [9.17, 15) is 24.4 Å². The fourth-order valence-corrected chi connectivity index (χ4v) is 9.13. The van der Waals surface area contributed by atoms with Gasteiger partial charge in [0.15, 0.2) is 5.78 Å². The van der Waals surface area contributed by atoms with E-state index >= 15 is 0 Å². The minimum absolute atomic E-state index is 0.0271. The molecule has 0 radical (unpaired) electrons. The topological polar surface area (TPSA) is 169 Å². The number of carbonyl (C=O) groups is 4. The van der Waals surface area contributed by atoms with Crippen LogP contribution in [0.25, 0.3) is 0 Å². The molecule has 1 aromatic heterocycles. The minimum Gasteiger partial charge on any atom is -0.494 e. The van der Waals surface area contributed by atoms with Gasteiger partial charge in [-0.05, 0) is 80.4 Å². The van der Waals surface area contributed by atoms with Gasteiger partial charge in [0.1, 0.15) is 29.5 Å². The number of imide groups is 1. The van der Waals surface area contributed by atoms with Gasteiger partial charge in [0.2, 0.25) is 0 Å². The number of allylic oxidation sites excluding steroid dienone is 4. The highest BCUT2D eigenvalue weighted by Crippen LogP contribution is 2.55. The molecule has 59 heavy (non-hydrogen) atoms. The average molecular weight is 816 g/mol. The van der Waals surface area contributed by atoms with E-state index in [0.29, 0.717) is 34.3 Å². The van der Waals surface area contributed by atoms with Crippen molar-refractivity contribution in [1.82, 2.24) is 20.1 Å². The van der Waals surface area contributed by atoms with Gasteiger partial charge in [-0.15, -0.1) is 0 Å². The largest absolute Gasteiger partial charge is 0.494 e. The third-order valence-electron chi connectivity index (χ3n) is 11.8. The third-order valence-corrected chi connectivity index (χ3v) is 12.2. The lowest BCUT2D eigenvalue weighted by Gasteiger charge is -2.63. The van der Waals surface area contributed by atoms with Gasteiger partial charge < -0.3 is 19.7 Å². The predicted octanol–water partition coefficient (Wildman–Crippen LogP) is 6.49. The number of rotatable bonds is 13. The second kappa shape index (κ2) is 16.7. The molecule has 1 saturated carbocycles. The molecule has 3 heterocycles. The van der Waals surface area contributed by atoms with Crippen LogP contribution in [0.5, 0.6) is 11.5 Å². The van der Waals surface area contributed by atoms with E-state index in [2.05, 4.69) is 53.9 Å². The highest BCUT2D eigenvalue weighted by atomic mass is 35.5. The molecule has 0 bridgehead atoms. The quantitative estimate of drug-likeness (QED) is 0.148. The lowest BCUT2D eigenvalue weighted by Crippen LogP contribution is -2.74. The number of unbranched alkanes of at least 4 members (excludes halogenated alkanes) is 2. The summed E-state index contributed by atoms with van der Waals surface area (Å²) in [5.74, 6) is 0.143. The molecule has 3 aromatic rings. The number of halogens is 1. The van der Waals surface area contributed by atoms with Gasteiger partial charge in [0, 0.05) is 67.3 Å². The third kappa shape index (κ3) is 8.18. The van der Waals surface area contributed by atoms with E-state index < -0.39 is 17.6 Å². The highest BCUT2D eigenvalue weighted by molar-refractivity contribution is 6.31. The number of ether oxygens (including phenoxy) is 2. The number of ketones is 1. The van der Waals surface area contributed by atoms with Crippen LogP contribution in [-0.4, -0.2) is 89.8 Å². The number of fused-ring (bicyclic) bond motifs is 1. The Hall–Kier alpha value is -6.02. The zero-order valence-electron chi connectivity index (χ0n) is 33.6. The maximum absolute atomic E-state index is 13.4. The number of nitrogens with one attached hydrogen (secondary N) is 1. The average Bonchev–Trinajstić information content (AvgIpc) is 3.47. The Labute approximate surface area is 348 Å². The van der Waals surface area contributed by atoms with Gasteiger partial charge in [0.25, 0.3) is 17.7 Å². The molecule has 0 spiro atoms. The fourth-order valence-electron chi connectivity index (χ4n) is 8.92. The molecule has 304 valence electrons. The van der Waals surface area contributed by atoms with Gasteiger partial charge in [0.05, 0.1) is 45.6 Å². The molecule has 14 heteroatoms. The number of aromatic nitrogens is 1. The number of anilines is 1. The van der Waals surface area contributed by atoms with Crippen molar-refractivity contribution in [2.24, 2.45) is 10.8 Å². The first-order valence-corrected chi connectivity index (χ1v) is 20.2. The fraction of sp³-hybridized carbons (Fsp3) is 0.400. The van der Waals surface area contributed by atoms with E-state index in [0.717, 1.165) is 62.7 Å². The van der Waals surface area contributed by atoms with E-state index in [1.54, 1.807) is 42.6 Å². The van der Waals surface area contributed by atoms with Crippen LogP contribution in [0, 0.1) is 33.5 Å². The summed E-state index contributed by atoms with van der Waals surface area (Å²) >= 11 is 6.24. The summed E-state index contributed by atoms with van der Waals surface area (Å²) in [6.07, 6.45) is 6.91. The summed E-state index contributed by atoms with van der Waals surface area (Å²) in [5, 5.41) is 21.8. The monoisotopic (exact) mass is 815 g/mol.